The van der Waals surface area contributed by atoms with Gasteiger partial charge in [-0.1, -0.05) is 6.92 Å². The summed E-state index contributed by atoms with van der Waals surface area (Å²) >= 11 is 1.37. The van der Waals surface area contributed by atoms with Crippen LogP contribution in [0.3, 0.4) is 0 Å². The summed E-state index contributed by atoms with van der Waals surface area (Å²) in [5, 5.41) is 13.9. The van der Waals surface area contributed by atoms with E-state index in [0.29, 0.717) is 23.6 Å². The molecule has 1 N–H and O–H groups in total. The molecule has 21 heavy (non-hydrogen) atoms. The number of fused-ring (bicyclic) bond motifs is 1. The zero-order chi connectivity index (χ0) is 14.9. The second kappa shape index (κ2) is 7.67. The Morgan fingerprint density at radius 1 is 1.48 bits per heavy atom. The van der Waals surface area contributed by atoms with Gasteiger partial charge in [-0.15, -0.1) is 11.8 Å². The first-order valence-electron chi connectivity index (χ1n) is 6.62. The number of aliphatic carboxylic acids is 1. The normalized spacial score (nSPS) is 23.3. The fraction of sp³-hybridized carbons (Fsp3) is 0.615. The number of rotatable bonds is 6. The molecule has 1 saturated heterocycles. The van der Waals surface area contributed by atoms with Gasteiger partial charge in [-0.3, -0.25) is 9.59 Å². The number of hydrogen-bond donors (Lipinski definition) is 1. The molecule has 0 aromatic rings. The minimum atomic E-state index is -1.29. The van der Waals surface area contributed by atoms with E-state index in [1.165, 1.54) is 23.6 Å². The molecule has 2 atom stereocenters. The van der Waals surface area contributed by atoms with Crippen LogP contribution < -0.4 is 40.0 Å². The summed E-state index contributed by atoms with van der Waals surface area (Å²) in [6.45, 7) is 3.84. The molecule has 0 saturated carbocycles. The van der Waals surface area contributed by atoms with Crippen molar-refractivity contribution in [2.24, 2.45) is 5.92 Å². The number of thioether (sulfide) groups is 1. The Bertz CT molecular complexity index is 495. The van der Waals surface area contributed by atoms with Crippen LogP contribution in [0.25, 0.3) is 0 Å². The van der Waals surface area contributed by atoms with Crippen molar-refractivity contribution in [3.05, 3.63) is 10.6 Å². The van der Waals surface area contributed by atoms with Gasteiger partial charge in [-0.2, -0.15) is 0 Å². The molecule has 1 fully saturated rings. The molecule has 8 heteroatoms. The Labute approximate surface area is 150 Å². The minimum Gasteiger partial charge on any atom is -0.543 e. The van der Waals surface area contributed by atoms with Crippen LogP contribution in [0.4, 0.5) is 0 Å². The molecular formula is C13H17N2NaO4S. The number of β-lactam (4-membered cyclic amide) rings is 1. The minimum absolute atomic E-state index is 0. The summed E-state index contributed by atoms with van der Waals surface area (Å²) in [5.41, 5.74) is 0.0255. The van der Waals surface area contributed by atoms with Crippen molar-refractivity contribution in [2.45, 2.75) is 32.7 Å². The quantitative estimate of drug-likeness (QED) is 0.311. The largest absolute Gasteiger partial charge is 1.00 e. The number of carbonyl (C=O) groups is 3. The van der Waals surface area contributed by atoms with E-state index in [0.717, 1.165) is 6.42 Å². The van der Waals surface area contributed by atoms with Crippen LogP contribution in [-0.2, 0) is 14.4 Å². The van der Waals surface area contributed by atoms with Gasteiger partial charge in [0.25, 0.3) is 0 Å². The molecule has 0 bridgehead atoms. The standard InChI is InChI=1S/C13H18N2O4S.Na/c1-3-8-9-6-10(20-5-4-14-7(2)16)11(13(18)19)15(9)12(8)17;/h8-9H,3-6H2,1-2H3,(H,14,16)(H,18,19);/q;+1/p-1/t8-,9+;/m0./s1. The fourth-order valence-electron chi connectivity index (χ4n) is 2.72. The average molecular weight is 320 g/mol. The first kappa shape index (κ1) is 18.5. The predicted molar refractivity (Wildman–Crippen MR) is 72.2 cm³/mol. The van der Waals surface area contributed by atoms with Crippen LogP contribution in [0.1, 0.15) is 26.7 Å². The summed E-state index contributed by atoms with van der Waals surface area (Å²) in [5.74, 6) is -1.02. The maximum atomic E-state index is 11.9. The first-order chi connectivity index (χ1) is 9.47. The number of hydrogen-bond acceptors (Lipinski definition) is 5. The molecule has 2 rings (SSSR count). The Balaban J connectivity index is 0.00000220. The van der Waals surface area contributed by atoms with Crippen LogP contribution in [0, 0.1) is 5.92 Å². The third-order valence-corrected chi connectivity index (χ3v) is 4.75. The number of carboxylic acid groups (broad SMARTS) is 1. The fourth-order valence-corrected chi connectivity index (χ4v) is 3.78. The summed E-state index contributed by atoms with van der Waals surface area (Å²) in [7, 11) is 0. The maximum Gasteiger partial charge on any atom is 1.00 e. The third-order valence-electron chi connectivity index (χ3n) is 3.64. The van der Waals surface area contributed by atoms with Gasteiger partial charge in [0.1, 0.15) is 0 Å². The van der Waals surface area contributed by atoms with Crippen LogP contribution in [0.5, 0.6) is 0 Å². The van der Waals surface area contributed by atoms with E-state index in [-0.39, 0.29) is 59.0 Å². The molecule has 2 amide bonds. The summed E-state index contributed by atoms with van der Waals surface area (Å²) in [6.07, 6.45) is 1.31. The van der Waals surface area contributed by atoms with Gasteiger partial charge in [0, 0.05) is 30.5 Å². The first-order valence-corrected chi connectivity index (χ1v) is 7.60. The van der Waals surface area contributed by atoms with E-state index >= 15 is 0 Å². The number of nitrogens with zero attached hydrogens (tertiary/aromatic N) is 1. The monoisotopic (exact) mass is 320 g/mol. The molecule has 0 radical (unpaired) electrons. The Hall–Kier alpha value is -0.500. The second-order valence-corrected chi connectivity index (χ2v) is 6.07. The molecule has 2 aliphatic rings. The van der Waals surface area contributed by atoms with Gasteiger partial charge in [0.2, 0.25) is 11.8 Å². The smallest absolute Gasteiger partial charge is 0.543 e. The van der Waals surface area contributed by atoms with Crippen molar-refractivity contribution in [1.29, 1.82) is 0 Å². The van der Waals surface area contributed by atoms with Gasteiger partial charge in [0.05, 0.1) is 23.6 Å². The van der Waals surface area contributed by atoms with E-state index in [2.05, 4.69) is 5.32 Å². The van der Waals surface area contributed by atoms with Gasteiger partial charge >= 0.3 is 29.6 Å². The molecule has 0 unspecified atom stereocenters. The molecular weight excluding hydrogens is 303 g/mol. The van der Waals surface area contributed by atoms with Crippen molar-refractivity contribution >= 4 is 29.5 Å². The zero-order valence-corrected chi connectivity index (χ0v) is 15.3. The van der Waals surface area contributed by atoms with Gasteiger partial charge in [-0.25, -0.2) is 0 Å². The summed E-state index contributed by atoms with van der Waals surface area (Å²) in [6, 6.07) is -0.0244. The molecule has 0 spiro atoms. The molecule has 0 aromatic heterocycles. The Kier molecular flexibility index (Phi) is 6.77. The molecule has 2 aliphatic heterocycles. The number of nitrogens with one attached hydrogen (secondary N) is 1. The zero-order valence-electron chi connectivity index (χ0n) is 12.5. The van der Waals surface area contributed by atoms with E-state index in [9.17, 15) is 19.5 Å². The summed E-state index contributed by atoms with van der Waals surface area (Å²) in [4.78, 5) is 35.9. The van der Waals surface area contributed by atoms with Crippen molar-refractivity contribution in [3.8, 4) is 0 Å². The van der Waals surface area contributed by atoms with Crippen LogP contribution in [0.15, 0.2) is 10.6 Å². The second-order valence-electron chi connectivity index (χ2n) is 4.89. The van der Waals surface area contributed by atoms with Crippen LogP contribution >= 0.6 is 11.8 Å². The number of carbonyl (C=O) groups excluding carboxylic acids is 3. The van der Waals surface area contributed by atoms with E-state index < -0.39 is 5.97 Å². The van der Waals surface area contributed by atoms with E-state index in [4.69, 9.17) is 0 Å². The van der Waals surface area contributed by atoms with E-state index in [1.807, 2.05) is 6.92 Å². The molecule has 6 nitrogen and oxygen atoms in total. The molecule has 2 heterocycles. The van der Waals surface area contributed by atoms with Gasteiger partial charge in [-0.05, 0) is 6.42 Å². The topological polar surface area (TPSA) is 89.5 Å². The van der Waals surface area contributed by atoms with Crippen LogP contribution in [0.2, 0.25) is 0 Å². The SMILES string of the molecule is CC[C@@H]1C(=O)N2C(C(=O)[O-])=C(SCCNC(C)=O)C[C@H]12.[Na+]. The third kappa shape index (κ3) is 3.64. The Morgan fingerprint density at radius 3 is 2.67 bits per heavy atom. The van der Waals surface area contributed by atoms with Crippen molar-refractivity contribution in [2.75, 3.05) is 12.3 Å². The Morgan fingerprint density at radius 2 is 2.14 bits per heavy atom. The summed E-state index contributed by atoms with van der Waals surface area (Å²) < 4.78 is 0. The van der Waals surface area contributed by atoms with Crippen molar-refractivity contribution in [3.63, 3.8) is 0 Å². The molecule has 0 aliphatic carbocycles. The van der Waals surface area contributed by atoms with E-state index in [1.54, 1.807) is 0 Å². The van der Waals surface area contributed by atoms with Crippen LogP contribution in [-0.4, -0.2) is 41.0 Å². The average Bonchev–Trinajstić information content (AvgIpc) is 2.70. The predicted octanol–water partition coefficient (Wildman–Crippen LogP) is -3.54. The molecule has 110 valence electrons. The number of carboxylic acids is 1. The van der Waals surface area contributed by atoms with Gasteiger partial charge in [0.15, 0.2) is 0 Å². The number of amides is 2. The molecule has 0 aromatic carbocycles. The maximum absolute atomic E-state index is 11.9. The van der Waals surface area contributed by atoms with Crippen molar-refractivity contribution < 1.29 is 49.0 Å². The van der Waals surface area contributed by atoms with Gasteiger partial charge < -0.3 is 20.1 Å². The van der Waals surface area contributed by atoms with Crippen molar-refractivity contribution in [1.82, 2.24) is 10.2 Å².